The first-order valence-electron chi connectivity index (χ1n) is 8.19. The molecule has 4 heterocycles. The highest BCUT2D eigenvalue weighted by molar-refractivity contribution is 7.15. The SMILES string of the molecule is Cc1nc(-c2cccnc2)sc1CNC(=O)c1ccc(-n2cccn2)nn1. The molecule has 0 aliphatic heterocycles. The van der Waals surface area contributed by atoms with E-state index in [2.05, 4.69) is 30.6 Å². The van der Waals surface area contributed by atoms with E-state index in [4.69, 9.17) is 0 Å². The fourth-order valence-electron chi connectivity index (χ4n) is 2.43. The van der Waals surface area contributed by atoms with Gasteiger partial charge < -0.3 is 5.32 Å². The molecule has 27 heavy (non-hydrogen) atoms. The van der Waals surface area contributed by atoms with Crippen LogP contribution >= 0.6 is 11.3 Å². The van der Waals surface area contributed by atoms with Crippen molar-refractivity contribution in [3.8, 4) is 16.4 Å². The molecule has 4 aromatic rings. The maximum absolute atomic E-state index is 12.3. The maximum Gasteiger partial charge on any atom is 0.272 e. The topological polar surface area (TPSA) is 98.5 Å². The average molecular weight is 377 g/mol. The smallest absolute Gasteiger partial charge is 0.272 e. The zero-order valence-corrected chi connectivity index (χ0v) is 15.2. The van der Waals surface area contributed by atoms with Crippen molar-refractivity contribution in [2.45, 2.75) is 13.5 Å². The number of aryl methyl sites for hydroxylation is 1. The highest BCUT2D eigenvalue weighted by Crippen LogP contribution is 2.27. The second kappa shape index (κ2) is 7.42. The van der Waals surface area contributed by atoms with Gasteiger partial charge in [-0.25, -0.2) is 9.67 Å². The van der Waals surface area contributed by atoms with E-state index in [1.807, 2.05) is 19.1 Å². The van der Waals surface area contributed by atoms with Gasteiger partial charge in [0.25, 0.3) is 5.91 Å². The zero-order valence-electron chi connectivity index (χ0n) is 14.4. The minimum atomic E-state index is -0.287. The van der Waals surface area contributed by atoms with E-state index in [-0.39, 0.29) is 11.6 Å². The number of aromatic nitrogens is 6. The molecule has 0 saturated carbocycles. The van der Waals surface area contributed by atoms with Crippen LogP contribution < -0.4 is 5.32 Å². The molecule has 9 heteroatoms. The molecule has 1 N–H and O–H groups in total. The highest BCUT2D eigenvalue weighted by Gasteiger charge is 2.13. The van der Waals surface area contributed by atoms with Gasteiger partial charge in [0.05, 0.1) is 12.2 Å². The summed E-state index contributed by atoms with van der Waals surface area (Å²) in [5.41, 5.74) is 2.10. The Morgan fingerprint density at radius 1 is 1.19 bits per heavy atom. The lowest BCUT2D eigenvalue weighted by molar-refractivity contribution is 0.0945. The number of rotatable bonds is 5. The van der Waals surface area contributed by atoms with Crippen molar-refractivity contribution in [3.63, 3.8) is 0 Å². The summed E-state index contributed by atoms with van der Waals surface area (Å²) in [6.45, 7) is 2.31. The first-order chi connectivity index (χ1) is 13.2. The summed E-state index contributed by atoms with van der Waals surface area (Å²) in [5.74, 6) is 0.265. The number of hydrogen-bond acceptors (Lipinski definition) is 7. The van der Waals surface area contributed by atoms with Crippen molar-refractivity contribution in [2.24, 2.45) is 0 Å². The van der Waals surface area contributed by atoms with E-state index in [1.165, 1.54) is 11.3 Å². The van der Waals surface area contributed by atoms with E-state index in [0.717, 1.165) is 21.1 Å². The summed E-state index contributed by atoms with van der Waals surface area (Å²) in [7, 11) is 0. The molecule has 0 radical (unpaired) electrons. The molecule has 4 rings (SSSR count). The summed E-state index contributed by atoms with van der Waals surface area (Å²) in [5, 5.41) is 15.8. The lowest BCUT2D eigenvalue weighted by atomic mass is 10.3. The van der Waals surface area contributed by atoms with Gasteiger partial charge in [0.1, 0.15) is 5.01 Å². The van der Waals surface area contributed by atoms with Gasteiger partial charge in [-0.3, -0.25) is 9.78 Å². The Hall–Kier alpha value is -3.46. The Morgan fingerprint density at radius 3 is 2.81 bits per heavy atom. The second-order valence-corrected chi connectivity index (χ2v) is 6.76. The molecule has 1 amide bonds. The number of pyridine rings is 1. The summed E-state index contributed by atoms with van der Waals surface area (Å²) in [6, 6.07) is 8.95. The minimum Gasteiger partial charge on any atom is -0.346 e. The molecule has 0 spiro atoms. The first-order valence-corrected chi connectivity index (χ1v) is 9.01. The number of carbonyl (C=O) groups is 1. The van der Waals surface area contributed by atoms with E-state index >= 15 is 0 Å². The molecule has 0 aliphatic carbocycles. The van der Waals surface area contributed by atoms with E-state index in [0.29, 0.717) is 12.4 Å². The molecule has 0 fully saturated rings. The van der Waals surface area contributed by atoms with Crippen LogP contribution in [0.2, 0.25) is 0 Å². The van der Waals surface area contributed by atoms with Crippen LogP contribution in [0.15, 0.2) is 55.1 Å². The lowest BCUT2D eigenvalue weighted by Gasteiger charge is -2.04. The largest absolute Gasteiger partial charge is 0.346 e. The molecule has 0 aliphatic rings. The average Bonchev–Trinajstić information content (AvgIpc) is 3.37. The molecule has 4 aromatic heterocycles. The Bertz CT molecular complexity index is 1040. The lowest BCUT2D eigenvalue weighted by Crippen LogP contribution is -2.24. The van der Waals surface area contributed by atoms with Crippen LogP contribution in [0.25, 0.3) is 16.4 Å². The van der Waals surface area contributed by atoms with E-state index in [1.54, 1.807) is 47.7 Å². The zero-order chi connectivity index (χ0) is 18.6. The van der Waals surface area contributed by atoms with Crippen LogP contribution in [0.4, 0.5) is 0 Å². The Balaban J connectivity index is 1.43. The predicted octanol–water partition coefficient (Wildman–Crippen LogP) is 2.42. The Kier molecular flexibility index (Phi) is 4.67. The molecular formula is C18H15N7OS. The van der Waals surface area contributed by atoms with Gasteiger partial charge >= 0.3 is 0 Å². The number of nitrogens with zero attached hydrogens (tertiary/aromatic N) is 6. The normalized spacial score (nSPS) is 10.7. The molecule has 0 saturated heterocycles. The van der Waals surface area contributed by atoms with Gasteiger partial charge in [0.15, 0.2) is 11.5 Å². The third-order valence-corrected chi connectivity index (χ3v) is 5.04. The fraction of sp³-hybridized carbons (Fsp3) is 0.111. The predicted molar refractivity (Wildman–Crippen MR) is 100 cm³/mol. The molecular weight excluding hydrogens is 362 g/mol. The number of hydrogen-bond donors (Lipinski definition) is 1. The number of nitrogens with one attached hydrogen (secondary N) is 1. The Morgan fingerprint density at radius 2 is 2.11 bits per heavy atom. The summed E-state index contributed by atoms with van der Waals surface area (Å²) >= 11 is 1.54. The second-order valence-electron chi connectivity index (χ2n) is 5.68. The standard InChI is InChI=1S/C18H15N7OS/c1-12-15(27-18(22-12)13-4-2-7-19-10-13)11-20-17(26)14-5-6-16(24-23-14)25-9-3-8-21-25/h2-10H,11H2,1H3,(H,20,26). The van der Waals surface area contributed by atoms with Gasteiger partial charge in [0.2, 0.25) is 0 Å². The molecule has 0 bridgehead atoms. The van der Waals surface area contributed by atoms with Crippen molar-refractivity contribution in [3.05, 3.63) is 71.4 Å². The maximum atomic E-state index is 12.3. The van der Waals surface area contributed by atoms with Crippen molar-refractivity contribution in [1.82, 2.24) is 35.3 Å². The van der Waals surface area contributed by atoms with Crippen LogP contribution in [0.5, 0.6) is 0 Å². The molecule has 8 nitrogen and oxygen atoms in total. The van der Waals surface area contributed by atoms with Crippen molar-refractivity contribution in [1.29, 1.82) is 0 Å². The van der Waals surface area contributed by atoms with Crippen LogP contribution in [0, 0.1) is 6.92 Å². The molecule has 134 valence electrons. The minimum absolute atomic E-state index is 0.251. The third kappa shape index (κ3) is 3.72. The number of thiazole rings is 1. The van der Waals surface area contributed by atoms with E-state index in [9.17, 15) is 4.79 Å². The van der Waals surface area contributed by atoms with E-state index < -0.39 is 0 Å². The van der Waals surface area contributed by atoms with Crippen molar-refractivity contribution >= 4 is 17.2 Å². The first kappa shape index (κ1) is 17.0. The van der Waals surface area contributed by atoms with Gasteiger partial charge in [-0.05, 0) is 37.3 Å². The summed E-state index contributed by atoms with van der Waals surface area (Å²) in [4.78, 5) is 22.0. The molecule has 0 unspecified atom stereocenters. The van der Waals surface area contributed by atoms with Crippen LogP contribution in [-0.2, 0) is 6.54 Å². The van der Waals surface area contributed by atoms with Crippen LogP contribution in [-0.4, -0.2) is 35.9 Å². The van der Waals surface area contributed by atoms with Crippen LogP contribution in [0.3, 0.4) is 0 Å². The molecule has 0 aromatic carbocycles. The highest BCUT2D eigenvalue weighted by atomic mass is 32.1. The summed E-state index contributed by atoms with van der Waals surface area (Å²) in [6.07, 6.45) is 6.91. The third-order valence-electron chi connectivity index (χ3n) is 3.83. The monoisotopic (exact) mass is 377 g/mol. The summed E-state index contributed by atoms with van der Waals surface area (Å²) < 4.78 is 1.58. The van der Waals surface area contributed by atoms with Gasteiger partial charge in [-0.2, -0.15) is 5.10 Å². The van der Waals surface area contributed by atoms with Gasteiger partial charge in [-0.1, -0.05) is 0 Å². The molecule has 0 atom stereocenters. The fourth-order valence-corrected chi connectivity index (χ4v) is 3.42. The van der Waals surface area contributed by atoms with Gasteiger partial charge in [0, 0.05) is 35.2 Å². The Labute approximate surface area is 159 Å². The number of carbonyl (C=O) groups excluding carboxylic acids is 1. The van der Waals surface area contributed by atoms with Crippen molar-refractivity contribution < 1.29 is 4.79 Å². The number of amides is 1. The van der Waals surface area contributed by atoms with Crippen LogP contribution in [0.1, 0.15) is 21.1 Å². The van der Waals surface area contributed by atoms with Crippen molar-refractivity contribution in [2.75, 3.05) is 0 Å². The quantitative estimate of drug-likeness (QED) is 0.573. The van der Waals surface area contributed by atoms with Gasteiger partial charge in [-0.15, -0.1) is 21.5 Å².